The Bertz CT molecular complexity index is 645. The summed E-state index contributed by atoms with van der Waals surface area (Å²) in [6.07, 6.45) is 1.22. The normalized spacial score (nSPS) is 12.7. The van der Waals surface area contributed by atoms with Crippen LogP contribution in [0.5, 0.6) is 5.75 Å². The first kappa shape index (κ1) is 18.2. The lowest BCUT2D eigenvalue weighted by Gasteiger charge is -2.25. The molecule has 0 heterocycles. The van der Waals surface area contributed by atoms with E-state index in [9.17, 15) is 9.90 Å². The maximum absolute atomic E-state index is 12.3. The van der Waals surface area contributed by atoms with E-state index in [1.54, 1.807) is 36.4 Å². The highest BCUT2D eigenvalue weighted by molar-refractivity contribution is 6.08. The van der Waals surface area contributed by atoms with E-state index in [1.165, 1.54) is 0 Å². The topological polar surface area (TPSA) is 46.5 Å². The minimum Gasteiger partial charge on any atom is -0.491 e. The summed E-state index contributed by atoms with van der Waals surface area (Å²) in [7, 11) is 0. The summed E-state index contributed by atoms with van der Waals surface area (Å²) in [5.41, 5.74) is 1.40. The van der Waals surface area contributed by atoms with Crippen LogP contribution in [0, 0.1) is 5.41 Å². The van der Waals surface area contributed by atoms with Crippen LogP contribution >= 0.6 is 0 Å². The number of hydrogen-bond acceptors (Lipinski definition) is 3. The fourth-order valence-corrected chi connectivity index (χ4v) is 2.49. The number of aliphatic hydroxyl groups excluding tert-OH is 1. The molecule has 1 N–H and O–H groups in total. The molecule has 3 heteroatoms. The summed E-state index contributed by atoms with van der Waals surface area (Å²) in [5, 5.41) is 10.1. The van der Waals surface area contributed by atoms with Crippen LogP contribution in [0.1, 0.15) is 49.5 Å². The first-order valence-electron chi connectivity index (χ1n) is 8.42. The van der Waals surface area contributed by atoms with Gasteiger partial charge in [0, 0.05) is 11.1 Å². The van der Waals surface area contributed by atoms with Gasteiger partial charge >= 0.3 is 0 Å². The molecule has 3 nitrogen and oxygen atoms in total. The Morgan fingerprint density at radius 2 is 1.62 bits per heavy atom. The number of hydrogen-bond donors (Lipinski definition) is 1. The lowest BCUT2D eigenvalue weighted by atomic mass is 9.84. The van der Waals surface area contributed by atoms with E-state index >= 15 is 0 Å². The van der Waals surface area contributed by atoms with Crippen LogP contribution in [0.25, 0.3) is 0 Å². The van der Waals surface area contributed by atoms with Gasteiger partial charge in [-0.2, -0.15) is 0 Å². The van der Waals surface area contributed by atoms with Crippen molar-refractivity contribution in [3.05, 3.63) is 65.7 Å². The molecule has 0 aliphatic heterocycles. The van der Waals surface area contributed by atoms with Gasteiger partial charge in [-0.3, -0.25) is 4.79 Å². The number of rotatable bonds is 8. The molecule has 0 spiro atoms. The first-order chi connectivity index (χ1) is 11.4. The number of ether oxygens (including phenoxy) is 1. The van der Waals surface area contributed by atoms with Crippen molar-refractivity contribution in [1.82, 2.24) is 0 Å². The van der Waals surface area contributed by atoms with Crippen LogP contribution in [0.4, 0.5) is 0 Å². The Kier molecular flexibility index (Phi) is 6.16. The van der Waals surface area contributed by atoms with Gasteiger partial charge < -0.3 is 9.84 Å². The molecular formula is C21H26O3. The number of carbonyl (C=O) groups is 1. The molecule has 0 aromatic heterocycles. The average Bonchev–Trinajstić information content (AvgIpc) is 2.60. The second kappa shape index (κ2) is 8.11. The van der Waals surface area contributed by atoms with Gasteiger partial charge in [-0.25, -0.2) is 0 Å². The Morgan fingerprint density at radius 1 is 1.04 bits per heavy atom. The Balaban J connectivity index is 1.92. The average molecular weight is 326 g/mol. The van der Waals surface area contributed by atoms with Crippen molar-refractivity contribution < 1.29 is 14.6 Å². The van der Waals surface area contributed by atoms with Gasteiger partial charge in [-0.05, 0) is 36.1 Å². The highest BCUT2D eigenvalue weighted by atomic mass is 16.5. The van der Waals surface area contributed by atoms with Gasteiger partial charge in [0.05, 0.1) is 6.10 Å². The Morgan fingerprint density at radius 3 is 2.21 bits per heavy atom. The molecule has 1 atom stereocenters. The fraction of sp³-hybridized carbons (Fsp3) is 0.381. The van der Waals surface area contributed by atoms with Crippen molar-refractivity contribution in [2.75, 3.05) is 6.61 Å². The van der Waals surface area contributed by atoms with E-state index in [-0.39, 0.29) is 17.8 Å². The van der Waals surface area contributed by atoms with E-state index in [1.807, 2.05) is 18.2 Å². The van der Waals surface area contributed by atoms with Gasteiger partial charge in [0.1, 0.15) is 12.4 Å². The highest BCUT2D eigenvalue weighted by Gasteiger charge is 2.20. The number of ketones is 1. The molecule has 128 valence electrons. The summed E-state index contributed by atoms with van der Waals surface area (Å²) >= 11 is 0. The summed E-state index contributed by atoms with van der Waals surface area (Å²) in [4.78, 5) is 12.3. The zero-order valence-corrected chi connectivity index (χ0v) is 14.7. The largest absolute Gasteiger partial charge is 0.491 e. The predicted molar refractivity (Wildman–Crippen MR) is 96.5 cm³/mol. The Hall–Kier alpha value is -2.13. The van der Waals surface area contributed by atoms with Gasteiger partial charge in [-0.1, -0.05) is 57.5 Å². The molecule has 0 aliphatic carbocycles. The molecule has 0 fully saturated rings. The molecule has 0 saturated heterocycles. The second-order valence-electron chi connectivity index (χ2n) is 6.91. The van der Waals surface area contributed by atoms with Gasteiger partial charge in [0.25, 0.3) is 0 Å². The van der Waals surface area contributed by atoms with Crippen molar-refractivity contribution in [3.8, 4) is 5.75 Å². The van der Waals surface area contributed by atoms with E-state index in [0.717, 1.165) is 6.42 Å². The summed E-state index contributed by atoms with van der Waals surface area (Å²) in [6.45, 7) is 6.66. The standard InChI is InChI=1S/C21H26O3/c1-4-21(2,3)14-18(22)15-24-19-12-10-17(11-13-19)20(23)16-8-6-5-7-9-16/h5-13,18,22H,4,14-15H2,1-3H3. The number of benzene rings is 2. The van der Waals surface area contributed by atoms with Crippen molar-refractivity contribution in [3.63, 3.8) is 0 Å². The molecule has 0 bridgehead atoms. The van der Waals surface area contributed by atoms with Crippen molar-refractivity contribution in [2.24, 2.45) is 5.41 Å². The maximum atomic E-state index is 12.3. The zero-order valence-electron chi connectivity index (χ0n) is 14.7. The van der Waals surface area contributed by atoms with E-state index in [0.29, 0.717) is 23.3 Å². The molecule has 2 rings (SSSR count). The molecule has 0 saturated carbocycles. The minimum absolute atomic E-state index is 0.00752. The van der Waals surface area contributed by atoms with Gasteiger partial charge in [-0.15, -0.1) is 0 Å². The van der Waals surface area contributed by atoms with Crippen LogP contribution in [0.3, 0.4) is 0 Å². The maximum Gasteiger partial charge on any atom is 0.193 e. The van der Waals surface area contributed by atoms with Crippen LogP contribution in [-0.2, 0) is 0 Å². The highest BCUT2D eigenvalue weighted by Crippen LogP contribution is 2.26. The molecule has 0 amide bonds. The lowest BCUT2D eigenvalue weighted by Crippen LogP contribution is -2.25. The van der Waals surface area contributed by atoms with Crippen LogP contribution in [-0.4, -0.2) is 23.6 Å². The molecule has 0 radical (unpaired) electrons. The van der Waals surface area contributed by atoms with Crippen molar-refractivity contribution in [2.45, 2.75) is 39.7 Å². The third-order valence-corrected chi connectivity index (χ3v) is 4.34. The summed E-state index contributed by atoms with van der Waals surface area (Å²) in [6, 6.07) is 16.3. The van der Waals surface area contributed by atoms with Gasteiger partial charge in [0.2, 0.25) is 0 Å². The minimum atomic E-state index is -0.495. The third kappa shape index (κ3) is 5.20. The Labute approximate surface area is 144 Å². The van der Waals surface area contributed by atoms with E-state index in [2.05, 4.69) is 20.8 Å². The van der Waals surface area contributed by atoms with Crippen molar-refractivity contribution in [1.29, 1.82) is 0 Å². The SMILES string of the molecule is CCC(C)(C)CC(O)COc1ccc(C(=O)c2ccccc2)cc1. The molecule has 2 aromatic carbocycles. The predicted octanol–water partition coefficient (Wildman–Crippen LogP) is 4.48. The van der Waals surface area contributed by atoms with Gasteiger partial charge in [0.15, 0.2) is 5.78 Å². The second-order valence-corrected chi connectivity index (χ2v) is 6.91. The summed E-state index contributed by atoms with van der Waals surface area (Å²) < 4.78 is 5.64. The lowest BCUT2D eigenvalue weighted by molar-refractivity contribution is 0.0650. The van der Waals surface area contributed by atoms with Crippen LogP contribution in [0.2, 0.25) is 0 Å². The van der Waals surface area contributed by atoms with Crippen molar-refractivity contribution >= 4 is 5.78 Å². The molecule has 0 aliphatic rings. The fourth-order valence-electron chi connectivity index (χ4n) is 2.49. The number of carbonyl (C=O) groups excluding carboxylic acids is 1. The molecule has 1 unspecified atom stereocenters. The quantitative estimate of drug-likeness (QED) is 0.727. The van der Waals surface area contributed by atoms with E-state index < -0.39 is 6.10 Å². The molecule has 2 aromatic rings. The third-order valence-electron chi connectivity index (χ3n) is 4.34. The monoisotopic (exact) mass is 326 g/mol. The molecular weight excluding hydrogens is 300 g/mol. The summed E-state index contributed by atoms with van der Waals surface area (Å²) in [5.74, 6) is 0.653. The first-order valence-corrected chi connectivity index (χ1v) is 8.42. The van der Waals surface area contributed by atoms with Crippen LogP contribution in [0.15, 0.2) is 54.6 Å². The smallest absolute Gasteiger partial charge is 0.193 e. The van der Waals surface area contributed by atoms with Crippen LogP contribution < -0.4 is 4.74 Å². The number of aliphatic hydroxyl groups is 1. The molecule has 24 heavy (non-hydrogen) atoms. The zero-order chi connectivity index (χ0) is 17.6. The van der Waals surface area contributed by atoms with E-state index in [4.69, 9.17) is 4.74 Å².